The number of rotatable bonds is 16. The number of carbonyl (C=O) groups is 3. The molecule has 0 spiro atoms. The van der Waals surface area contributed by atoms with Crippen molar-refractivity contribution in [3.63, 3.8) is 0 Å². The molecule has 19 nitrogen and oxygen atoms in total. The summed E-state index contributed by atoms with van der Waals surface area (Å²) in [6.07, 6.45) is 2.58. The van der Waals surface area contributed by atoms with Crippen molar-refractivity contribution in [1.82, 2.24) is 15.3 Å². The van der Waals surface area contributed by atoms with Gasteiger partial charge in [-0.25, -0.2) is 4.79 Å². The standard InChI is InChI=1S/C20H25N7O6.C6H14O6S2.Ca.2H/c1-33-14(28)7-6-13(19(31)32)25-17(29)10-2-4-11(5-3-10)22-8-12-9-23-16-15(24-12)18(30)27-20(21)26-16;1-13(7,8)11-5-3-4-6-12-14(2,9)10;;;/h2-5,12-13,22,24H,6-9H2,1H3,(H,25,29)(H,31,32)(H4,21,23,26,27,30);3-6H2,1-2H3;;;. The summed E-state index contributed by atoms with van der Waals surface area (Å²) >= 11 is 0. The zero-order valence-corrected chi connectivity index (χ0v) is 27.5. The van der Waals surface area contributed by atoms with E-state index in [4.69, 9.17) is 5.73 Å². The molecule has 1 aromatic heterocycles. The van der Waals surface area contributed by atoms with Gasteiger partial charge in [0, 0.05) is 30.8 Å². The number of nitrogens with two attached hydrogens (primary N) is 1. The number of anilines is 4. The van der Waals surface area contributed by atoms with Crippen molar-refractivity contribution >= 4 is 99.0 Å². The average Bonchev–Trinajstić information content (AvgIpc) is 2.99. The Morgan fingerprint density at radius 3 is 2.17 bits per heavy atom. The molecule has 266 valence electrons. The normalized spacial score (nSPS) is 14.3. The van der Waals surface area contributed by atoms with Gasteiger partial charge in [-0.2, -0.15) is 21.8 Å². The van der Waals surface area contributed by atoms with Crippen molar-refractivity contribution < 1.29 is 49.4 Å². The number of carboxylic acids is 1. The van der Waals surface area contributed by atoms with Gasteiger partial charge in [-0.05, 0) is 43.5 Å². The minimum absolute atomic E-state index is 0. The molecule has 2 aromatic rings. The number of carbonyl (C=O) groups excluding carboxylic acids is 2. The molecule has 0 saturated heterocycles. The maximum absolute atomic E-state index is 12.4. The second kappa shape index (κ2) is 20.3. The molecule has 48 heavy (non-hydrogen) atoms. The number of hydrogen-bond donors (Lipinski definition) is 7. The molecular formula is C26H41CaN7O12S2. The molecule has 3 rings (SSSR count). The fourth-order valence-corrected chi connectivity index (χ4v) is 4.66. The molecular weight excluding hydrogens is 707 g/mol. The summed E-state index contributed by atoms with van der Waals surface area (Å²) in [5.41, 5.74) is 6.48. The molecule has 0 bridgehead atoms. The van der Waals surface area contributed by atoms with Crippen LogP contribution in [0.2, 0.25) is 0 Å². The van der Waals surface area contributed by atoms with Crippen LogP contribution >= 0.6 is 0 Å². The Balaban J connectivity index is 0.000000652. The van der Waals surface area contributed by atoms with Gasteiger partial charge < -0.3 is 36.8 Å². The molecule has 2 unspecified atom stereocenters. The number of aromatic amines is 1. The van der Waals surface area contributed by atoms with Crippen LogP contribution in [0.3, 0.4) is 0 Å². The van der Waals surface area contributed by atoms with E-state index in [-0.39, 0.29) is 86.9 Å². The number of nitrogens with one attached hydrogen (secondary N) is 5. The van der Waals surface area contributed by atoms with Crippen molar-refractivity contribution in [2.75, 3.05) is 67.6 Å². The van der Waals surface area contributed by atoms with Gasteiger partial charge >= 0.3 is 49.7 Å². The van der Waals surface area contributed by atoms with Crippen LogP contribution in [0.25, 0.3) is 0 Å². The molecule has 8 N–H and O–H groups in total. The summed E-state index contributed by atoms with van der Waals surface area (Å²) < 4.78 is 55.2. The molecule has 22 heteroatoms. The van der Waals surface area contributed by atoms with E-state index in [1.807, 2.05) is 0 Å². The van der Waals surface area contributed by atoms with Crippen LogP contribution < -0.4 is 32.6 Å². The third kappa shape index (κ3) is 16.8. The van der Waals surface area contributed by atoms with E-state index in [1.54, 1.807) is 24.3 Å². The summed E-state index contributed by atoms with van der Waals surface area (Å²) in [5.74, 6) is -1.93. The quantitative estimate of drug-likeness (QED) is 0.0450. The summed E-state index contributed by atoms with van der Waals surface area (Å²) in [6.45, 7) is 1.08. The van der Waals surface area contributed by atoms with Crippen molar-refractivity contribution in [2.45, 2.75) is 37.8 Å². The number of nitrogens with zero attached hydrogens (tertiary/aromatic N) is 1. The average molecular weight is 748 g/mol. The van der Waals surface area contributed by atoms with Crippen LogP contribution in [0, 0.1) is 0 Å². The van der Waals surface area contributed by atoms with Crippen molar-refractivity contribution in [3.05, 3.63) is 40.2 Å². The number of ether oxygens (including phenoxy) is 1. The predicted molar refractivity (Wildman–Crippen MR) is 180 cm³/mol. The Morgan fingerprint density at radius 2 is 1.65 bits per heavy atom. The SMILES string of the molecule is COC(=O)CCC(NC(=O)c1ccc(NCC2CNc3nc(N)[nH]c(=O)c3N2)cc1)C(=O)O.CS(=O)(=O)OCCCCOS(C)(=O)=O.[CaH2]. The summed E-state index contributed by atoms with van der Waals surface area (Å²) in [6, 6.07) is 5.14. The summed E-state index contributed by atoms with van der Waals surface area (Å²) in [7, 11) is -5.59. The minimum atomic E-state index is -3.40. The fraction of sp³-hybridized carbons (Fsp3) is 0.500. The number of amides is 1. The van der Waals surface area contributed by atoms with E-state index in [0.29, 0.717) is 37.4 Å². The van der Waals surface area contributed by atoms with Gasteiger partial charge in [0.25, 0.3) is 31.7 Å². The molecule has 0 aliphatic carbocycles. The first-order chi connectivity index (χ1) is 22.0. The van der Waals surface area contributed by atoms with Gasteiger partial charge in [0.1, 0.15) is 11.7 Å². The molecule has 1 aromatic carbocycles. The van der Waals surface area contributed by atoms with Gasteiger partial charge in [0.2, 0.25) is 5.95 Å². The fourth-order valence-electron chi connectivity index (χ4n) is 3.82. The zero-order valence-electron chi connectivity index (χ0n) is 25.9. The Bertz CT molecular complexity index is 1620. The van der Waals surface area contributed by atoms with Crippen LogP contribution in [0.5, 0.6) is 0 Å². The molecule has 1 aliphatic rings. The van der Waals surface area contributed by atoms with Crippen molar-refractivity contribution in [3.8, 4) is 0 Å². The Kier molecular flexibility index (Phi) is 18.1. The zero-order chi connectivity index (χ0) is 35.2. The van der Waals surface area contributed by atoms with Crippen molar-refractivity contribution in [1.29, 1.82) is 0 Å². The number of aromatic nitrogens is 2. The van der Waals surface area contributed by atoms with Gasteiger partial charge in [-0.3, -0.25) is 27.7 Å². The van der Waals surface area contributed by atoms with Crippen LogP contribution in [0.15, 0.2) is 29.1 Å². The number of benzene rings is 1. The third-order valence-corrected chi connectivity index (χ3v) is 7.29. The number of methoxy groups -OCH3 is 1. The van der Waals surface area contributed by atoms with Crippen molar-refractivity contribution in [2.24, 2.45) is 0 Å². The number of aliphatic carboxylic acids is 1. The first-order valence-corrected chi connectivity index (χ1v) is 17.6. The molecule has 1 aliphatic heterocycles. The monoisotopic (exact) mass is 747 g/mol. The first-order valence-electron chi connectivity index (χ1n) is 14.0. The van der Waals surface area contributed by atoms with Crippen LogP contribution in [0.1, 0.15) is 36.0 Å². The molecule has 0 radical (unpaired) electrons. The topological polar surface area (TPSA) is 287 Å². The van der Waals surface area contributed by atoms with E-state index in [2.05, 4.69) is 44.3 Å². The van der Waals surface area contributed by atoms with Gasteiger partial charge in [0.15, 0.2) is 5.82 Å². The molecule has 0 saturated carbocycles. The van der Waals surface area contributed by atoms with E-state index in [0.717, 1.165) is 18.2 Å². The maximum atomic E-state index is 12.4. The molecule has 2 atom stereocenters. The van der Waals surface area contributed by atoms with Crippen LogP contribution in [0.4, 0.5) is 23.1 Å². The van der Waals surface area contributed by atoms with E-state index in [9.17, 15) is 41.1 Å². The predicted octanol–water partition coefficient (Wildman–Crippen LogP) is -1.39. The van der Waals surface area contributed by atoms with E-state index >= 15 is 0 Å². The number of carboxylic acid groups (broad SMARTS) is 1. The summed E-state index contributed by atoms with van der Waals surface area (Å²) in [5, 5.41) is 21.0. The number of unbranched alkanes of at least 4 members (excludes halogenated alkanes) is 1. The first kappa shape index (κ1) is 42.8. The van der Waals surface area contributed by atoms with Crippen LogP contribution in [-0.4, -0.2) is 146 Å². The number of esters is 1. The second-order valence-electron chi connectivity index (χ2n) is 10.1. The Hall–Kier alpha value is -3.21. The number of fused-ring (bicyclic) bond motifs is 1. The van der Waals surface area contributed by atoms with Gasteiger partial charge in [0.05, 0.1) is 38.9 Å². The number of hydrogen-bond acceptors (Lipinski definition) is 16. The third-order valence-electron chi connectivity index (χ3n) is 6.10. The number of H-pyrrole nitrogens is 1. The molecule has 2 heterocycles. The van der Waals surface area contributed by atoms with E-state index < -0.39 is 44.1 Å². The Labute approximate surface area is 307 Å². The van der Waals surface area contributed by atoms with Crippen LogP contribution in [-0.2, 0) is 42.9 Å². The second-order valence-corrected chi connectivity index (χ2v) is 13.4. The Morgan fingerprint density at radius 1 is 1.06 bits per heavy atom. The molecule has 1 amide bonds. The van der Waals surface area contributed by atoms with Gasteiger partial charge in [-0.1, -0.05) is 0 Å². The van der Waals surface area contributed by atoms with Gasteiger partial charge in [-0.15, -0.1) is 0 Å². The molecule has 0 fully saturated rings. The number of nitrogen functional groups attached to an aromatic ring is 1. The summed E-state index contributed by atoms with van der Waals surface area (Å²) in [4.78, 5) is 53.5. The van der Waals surface area contributed by atoms with E-state index in [1.165, 1.54) is 7.11 Å².